The summed E-state index contributed by atoms with van der Waals surface area (Å²) >= 11 is 0. The van der Waals surface area contributed by atoms with Crippen LogP contribution >= 0.6 is 0 Å². The van der Waals surface area contributed by atoms with E-state index in [9.17, 15) is 5.11 Å². The highest BCUT2D eigenvalue weighted by atomic mass is 16.3. The Morgan fingerprint density at radius 1 is 1.25 bits per heavy atom. The summed E-state index contributed by atoms with van der Waals surface area (Å²) < 4.78 is 0. The van der Waals surface area contributed by atoms with E-state index in [0.29, 0.717) is 23.1 Å². The fraction of sp³-hybridized carbons (Fsp3) is 0.667. The van der Waals surface area contributed by atoms with Crippen molar-refractivity contribution in [3.63, 3.8) is 0 Å². The van der Waals surface area contributed by atoms with Crippen molar-refractivity contribution in [1.82, 2.24) is 5.32 Å². The summed E-state index contributed by atoms with van der Waals surface area (Å²) in [6, 6.07) is 4.24. The second-order valence-electron chi connectivity index (χ2n) is 7.32. The van der Waals surface area contributed by atoms with Crippen molar-refractivity contribution in [3.05, 3.63) is 28.8 Å². The topological polar surface area (TPSA) is 32.3 Å². The van der Waals surface area contributed by atoms with E-state index in [1.807, 2.05) is 12.1 Å². The molecule has 0 amide bonds. The van der Waals surface area contributed by atoms with Crippen LogP contribution in [0.5, 0.6) is 5.75 Å². The Balaban J connectivity index is 1.79. The van der Waals surface area contributed by atoms with Gasteiger partial charge in [0, 0.05) is 18.2 Å². The van der Waals surface area contributed by atoms with Crippen molar-refractivity contribution in [1.29, 1.82) is 0 Å². The van der Waals surface area contributed by atoms with Crippen LogP contribution in [0.2, 0.25) is 0 Å². The van der Waals surface area contributed by atoms with Gasteiger partial charge in [0.25, 0.3) is 0 Å². The third-order valence-electron chi connectivity index (χ3n) is 5.50. The maximum atomic E-state index is 10.3. The molecule has 0 saturated heterocycles. The minimum atomic E-state index is 0.331. The van der Waals surface area contributed by atoms with Gasteiger partial charge in [-0.05, 0) is 54.7 Å². The van der Waals surface area contributed by atoms with Gasteiger partial charge in [0.1, 0.15) is 5.75 Å². The van der Waals surface area contributed by atoms with Crippen molar-refractivity contribution in [2.45, 2.75) is 64.8 Å². The van der Waals surface area contributed by atoms with E-state index in [2.05, 4.69) is 26.1 Å². The molecule has 0 aliphatic heterocycles. The fourth-order valence-electron chi connectivity index (χ4n) is 4.30. The fourth-order valence-corrected chi connectivity index (χ4v) is 4.30. The number of nitrogens with one attached hydrogen (secondary N) is 1. The van der Waals surface area contributed by atoms with Crippen molar-refractivity contribution >= 4 is 0 Å². The quantitative estimate of drug-likeness (QED) is 0.854. The molecule has 20 heavy (non-hydrogen) atoms. The second-order valence-corrected chi connectivity index (χ2v) is 7.32. The first-order valence-electron chi connectivity index (χ1n) is 8.06. The Bertz CT molecular complexity index is 502. The van der Waals surface area contributed by atoms with E-state index in [0.717, 1.165) is 13.0 Å². The number of fused-ring (bicyclic) bond motifs is 1. The minimum Gasteiger partial charge on any atom is -0.508 e. The molecule has 1 aromatic rings. The molecule has 3 rings (SSSR count). The summed E-state index contributed by atoms with van der Waals surface area (Å²) in [4.78, 5) is 0. The molecule has 0 radical (unpaired) electrons. The highest BCUT2D eigenvalue weighted by molar-refractivity contribution is 5.50. The van der Waals surface area contributed by atoms with Crippen LogP contribution in [0, 0.1) is 12.3 Å². The van der Waals surface area contributed by atoms with Crippen LogP contribution in [0.3, 0.4) is 0 Å². The summed E-state index contributed by atoms with van der Waals surface area (Å²) in [5.74, 6) is 1.02. The first kappa shape index (κ1) is 13.9. The van der Waals surface area contributed by atoms with Crippen molar-refractivity contribution in [3.8, 4) is 5.75 Å². The third kappa shape index (κ3) is 2.35. The molecular weight excluding hydrogens is 246 g/mol. The number of hydrogen-bond acceptors (Lipinski definition) is 2. The van der Waals surface area contributed by atoms with Gasteiger partial charge >= 0.3 is 0 Å². The molecule has 1 fully saturated rings. The third-order valence-corrected chi connectivity index (χ3v) is 5.50. The zero-order valence-electron chi connectivity index (χ0n) is 13.0. The molecule has 2 N–H and O–H groups in total. The molecular formula is C18H27NO. The summed E-state index contributed by atoms with van der Waals surface area (Å²) in [5.41, 5.74) is 4.32. The molecule has 0 spiro atoms. The van der Waals surface area contributed by atoms with Crippen molar-refractivity contribution in [2.24, 2.45) is 5.41 Å². The number of phenolic OH excluding ortho intramolecular Hbond substituents is 1. The lowest BCUT2D eigenvalue weighted by atomic mass is 9.88. The largest absolute Gasteiger partial charge is 0.508 e. The number of rotatable bonds is 3. The summed E-state index contributed by atoms with van der Waals surface area (Å²) in [6.45, 7) is 7.93. The van der Waals surface area contributed by atoms with Crippen LogP contribution in [0.15, 0.2) is 12.1 Å². The lowest BCUT2D eigenvalue weighted by Crippen LogP contribution is -2.31. The van der Waals surface area contributed by atoms with Gasteiger partial charge in [0.15, 0.2) is 0 Å². The zero-order valence-corrected chi connectivity index (χ0v) is 13.0. The molecule has 2 nitrogen and oxygen atoms in total. The van der Waals surface area contributed by atoms with Gasteiger partial charge in [0.05, 0.1) is 0 Å². The van der Waals surface area contributed by atoms with Crippen LogP contribution in [0.4, 0.5) is 0 Å². The molecule has 2 atom stereocenters. The Morgan fingerprint density at radius 2 is 1.95 bits per heavy atom. The lowest BCUT2D eigenvalue weighted by Gasteiger charge is -2.27. The molecule has 1 saturated carbocycles. The highest BCUT2D eigenvalue weighted by Crippen LogP contribution is 2.46. The average molecular weight is 273 g/mol. The van der Waals surface area contributed by atoms with Crippen LogP contribution in [-0.2, 0) is 0 Å². The number of benzene rings is 1. The van der Waals surface area contributed by atoms with E-state index in [1.54, 1.807) is 0 Å². The predicted octanol–water partition coefficient (Wildman–Crippen LogP) is 4.42. The van der Waals surface area contributed by atoms with Gasteiger partial charge in [-0.15, -0.1) is 0 Å². The first-order chi connectivity index (χ1) is 9.50. The monoisotopic (exact) mass is 273 g/mol. The SMILES string of the molecule is Cc1ccc(O)c2c1C(C)CC2NCC1(C)CCCC1. The van der Waals surface area contributed by atoms with E-state index < -0.39 is 0 Å². The molecule has 0 heterocycles. The van der Waals surface area contributed by atoms with Crippen molar-refractivity contribution in [2.75, 3.05) is 6.54 Å². The number of phenols is 1. The smallest absolute Gasteiger partial charge is 0.120 e. The summed E-state index contributed by atoms with van der Waals surface area (Å²) in [5, 5.41) is 14.0. The van der Waals surface area contributed by atoms with Crippen LogP contribution < -0.4 is 5.32 Å². The van der Waals surface area contributed by atoms with Gasteiger partial charge in [-0.2, -0.15) is 0 Å². The lowest BCUT2D eigenvalue weighted by molar-refractivity contribution is 0.293. The van der Waals surface area contributed by atoms with Gasteiger partial charge < -0.3 is 10.4 Å². The maximum Gasteiger partial charge on any atom is 0.120 e. The van der Waals surface area contributed by atoms with E-state index in [4.69, 9.17) is 0 Å². The van der Waals surface area contributed by atoms with E-state index >= 15 is 0 Å². The van der Waals surface area contributed by atoms with Gasteiger partial charge in [-0.25, -0.2) is 0 Å². The normalized spacial score (nSPS) is 27.8. The molecule has 0 bridgehead atoms. The molecule has 2 heteroatoms. The average Bonchev–Trinajstić information content (AvgIpc) is 2.97. The minimum absolute atomic E-state index is 0.331. The molecule has 2 aliphatic rings. The zero-order chi connectivity index (χ0) is 14.3. The number of aromatic hydroxyl groups is 1. The Hall–Kier alpha value is -1.02. The van der Waals surface area contributed by atoms with E-state index in [1.165, 1.54) is 42.4 Å². The van der Waals surface area contributed by atoms with Crippen LogP contribution in [0.1, 0.15) is 74.6 Å². The highest BCUT2D eigenvalue weighted by Gasteiger charge is 2.34. The maximum absolute atomic E-state index is 10.3. The first-order valence-corrected chi connectivity index (χ1v) is 8.06. The standard InChI is InChI=1S/C18H27NO/c1-12-6-7-15(20)17-14(10-13(2)16(12)17)19-11-18(3)8-4-5-9-18/h6-7,13-14,19-20H,4-5,8-11H2,1-3H3. The summed E-state index contributed by atoms with van der Waals surface area (Å²) in [6.07, 6.45) is 6.55. The van der Waals surface area contributed by atoms with Crippen LogP contribution in [-0.4, -0.2) is 11.7 Å². The predicted molar refractivity (Wildman–Crippen MR) is 83.2 cm³/mol. The molecule has 1 aromatic carbocycles. The van der Waals surface area contributed by atoms with E-state index in [-0.39, 0.29) is 0 Å². The molecule has 2 unspecified atom stereocenters. The molecule has 2 aliphatic carbocycles. The molecule has 110 valence electrons. The van der Waals surface area contributed by atoms with Gasteiger partial charge in [-0.3, -0.25) is 0 Å². The van der Waals surface area contributed by atoms with Gasteiger partial charge in [-0.1, -0.05) is 32.8 Å². The number of hydrogen-bond donors (Lipinski definition) is 2. The second kappa shape index (κ2) is 5.07. The Morgan fingerprint density at radius 3 is 2.65 bits per heavy atom. The Kier molecular flexibility index (Phi) is 3.53. The van der Waals surface area contributed by atoms with Crippen LogP contribution in [0.25, 0.3) is 0 Å². The molecule has 0 aromatic heterocycles. The summed E-state index contributed by atoms with van der Waals surface area (Å²) in [7, 11) is 0. The Labute approximate surface area is 122 Å². The van der Waals surface area contributed by atoms with Crippen molar-refractivity contribution < 1.29 is 5.11 Å². The van der Waals surface area contributed by atoms with Gasteiger partial charge in [0.2, 0.25) is 0 Å². The number of aryl methyl sites for hydroxylation is 1.